The predicted molar refractivity (Wildman–Crippen MR) is 149 cm³/mol. The largest absolute Gasteiger partial charge is 0.486 e. The zero-order chi connectivity index (χ0) is 25.4. The first-order valence-electron chi connectivity index (χ1n) is 14.0. The lowest BCUT2D eigenvalue weighted by molar-refractivity contribution is -0.128. The fourth-order valence-corrected chi connectivity index (χ4v) is 6.15. The molecule has 1 unspecified atom stereocenters. The molecular formula is C31H47N3O2. The number of ether oxygens (including phenoxy) is 2. The van der Waals surface area contributed by atoms with Crippen molar-refractivity contribution in [3.05, 3.63) is 65.7 Å². The standard InChI is InChI=1S/C31H47N3O2/c1-5-31(16-23-35-30(2,3)25-31)34-21-19-33(20-22-34)18-15-26-10-9-13-28(24-26)36-29(14-17-32-4)27-11-7-6-8-12-27/h6-13,24,29,32H,5,14-23,25H2,1-4H3/t29?,31-/m1/s1. The van der Waals surface area contributed by atoms with Gasteiger partial charge in [-0.3, -0.25) is 4.90 Å². The number of hydrogen-bond acceptors (Lipinski definition) is 5. The summed E-state index contributed by atoms with van der Waals surface area (Å²) in [5, 5.41) is 3.26. The highest BCUT2D eigenvalue weighted by Crippen LogP contribution is 2.39. The van der Waals surface area contributed by atoms with Crippen LogP contribution in [0.4, 0.5) is 0 Å². The third-order valence-corrected chi connectivity index (χ3v) is 8.24. The molecule has 2 atom stereocenters. The first kappa shape index (κ1) is 27.1. The number of hydrogen-bond donors (Lipinski definition) is 1. The average molecular weight is 494 g/mol. The van der Waals surface area contributed by atoms with E-state index in [1.54, 1.807) is 0 Å². The van der Waals surface area contributed by atoms with Crippen LogP contribution in [0.1, 0.15) is 63.7 Å². The minimum Gasteiger partial charge on any atom is -0.486 e. The summed E-state index contributed by atoms with van der Waals surface area (Å²) in [6, 6.07) is 19.3. The summed E-state index contributed by atoms with van der Waals surface area (Å²) >= 11 is 0. The van der Waals surface area contributed by atoms with Gasteiger partial charge in [0.2, 0.25) is 0 Å². The molecule has 1 N–H and O–H groups in total. The highest BCUT2D eigenvalue weighted by molar-refractivity contribution is 5.30. The van der Waals surface area contributed by atoms with Gasteiger partial charge in [-0.2, -0.15) is 0 Å². The number of nitrogens with zero attached hydrogens (tertiary/aromatic N) is 2. The number of rotatable bonds is 11. The van der Waals surface area contributed by atoms with E-state index in [1.807, 2.05) is 7.05 Å². The van der Waals surface area contributed by atoms with Crippen LogP contribution >= 0.6 is 0 Å². The maximum atomic E-state index is 6.49. The van der Waals surface area contributed by atoms with Crippen LogP contribution in [0, 0.1) is 0 Å². The molecule has 2 aliphatic rings. The third-order valence-electron chi connectivity index (χ3n) is 8.24. The van der Waals surface area contributed by atoms with Crippen molar-refractivity contribution >= 4 is 0 Å². The van der Waals surface area contributed by atoms with E-state index >= 15 is 0 Å². The number of nitrogens with one attached hydrogen (secondary N) is 1. The Labute approximate surface area is 219 Å². The average Bonchev–Trinajstić information content (AvgIpc) is 2.90. The van der Waals surface area contributed by atoms with Gasteiger partial charge in [0, 0.05) is 51.3 Å². The Morgan fingerprint density at radius 3 is 2.50 bits per heavy atom. The molecule has 2 aromatic carbocycles. The highest BCUT2D eigenvalue weighted by Gasteiger charge is 2.44. The Morgan fingerprint density at radius 2 is 1.81 bits per heavy atom. The summed E-state index contributed by atoms with van der Waals surface area (Å²) in [6.07, 6.45) is 5.58. The molecule has 0 aromatic heterocycles. The van der Waals surface area contributed by atoms with Crippen LogP contribution in [0.5, 0.6) is 5.75 Å². The number of piperazine rings is 1. The molecule has 0 spiro atoms. The molecule has 0 aliphatic carbocycles. The molecule has 5 heteroatoms. The van der Waals surface area contributed by atoms with Crippen LogP contribution < -0.4 is 10.1 Å². The molecule has 36 heavy (non-hydrogen) atoms. The zero-order valence-electron chi connectivity index (χ0n) is 23.0. The van der Waals surface area contributed by atoms with Crippen molar-refractivity contribution in [2.24, 2.45) is 0 Å². The van der Waals surface area contributed by atoms with Crippen LogP contribution in [-0.4, -0.2) is 73.9 Å². The van der Waals surface area contributed by atoms with Crippen LogP contribution in [0.15, 0.2) is 54.6 Å². The van der Waals surface area contributed by atoms with Gasteiger partial charge in [-0.05, 0) is 76.4 Å². The summed E-state index contributed by atoms with van der Waals surface area (Å²) in [6.45, 7) is 14.4. The van der Waals surface area contributed by atoms with Gasteiger partial charge in [0.25, 0.3) is 0 Å². The Bertz CT molecular complexity index is 926. The van der Waals surface area contributed by atoms with Crippen molar-refractivity contribution in [2.45, 2.75) is 70.1 Å². The molecule has 2 saturated heterocycles. The van der Waals surface area contributed by atoms with Gasteiger partial charge >= 0.3 is 0 Å². The normalized spacial score (nSPS) is 23.9. The fraction of sp³-hybridized carbons (Fsp3) is 0.613. The van der Waals surface area contributed by atoms with Gasteiger partial charge in [-0.25, -0.2) is 0 Å². The van der Waals surface area contributed by atoms with Crippen molar-refractivity contribution in [1.29, 1.82) is 0 Å². The van der Waals surface area contributed by atoms with Gasteiger partial charge in [0.1, 0.15) is 11.9 Å². The lowest BCUT2D eigenvalue weighted by Gasteiger charge is -2.53. The predicted octanol–water partition coefficient (Wildman–Crippen LogP) is 5.31. The van der Waals surface area contributed by atoms with E-state index in [4.69, 9.17) is 9.47 Å². The molecule has 0 amide bonds. The Kier molecular flexibility index (Phi) is 9.46. The topological polar surface area (TPSA) is 37.0 Å². The molecule has 0 bridgehead atoms. The van der Waals surface area contributed by atoms with Gasteiger partial charge in [0.05, 0.1) is 5.60 Å². The van der Waals surface area contributed by atoms with Crippen molar-refractivity contribution in [1.82, 2.24) is 15.1 Å². The molecule has 2 heterocycles. The lowest BCUT2D eigenvalue weighted by Crippen LogP contribution is -2.61. The summed E-state index contributed by atoms with van der Waals surface area (Å²) in [5.74, 6) is 0.967. The molecule has 4 rings (SSSR count). The molecule has 198 valence electrons. The van der Waals surface area contributed by atoms with Crippen LogP contribution in [0.25, 0.3) is 0 Å². The fourth-order valence-electron chi connectivity index (χ4n) is 6.15. The minimum absolute atomic E-state index is 0.00888. The van der Waals surface area contributed by atoms with Crippen LogP contribution in [0.2, 0.25) is 0 Å². The quantitative estimate of drug-likeness (QED) is 0.459. The minimum atomic E-state index is -0.00888. The first-order valence-corrected chi connectivity index (χ1v) is 14.0. The van der Waals surface area contributed by atoms with E-state index < -0.39 is 0 Å². The van der Waals surface area contributed by atoms with E-state index in [2.05, 4.69) is 90.5 Å². The van der Waals surface area contributed by atoms with E-state index in [-0.39, 0.29) is 11.7 Å². The smallest absolute Gasteiger partial charge is 0.125 e. The summed E-state index contributed by atoms with van der Waals surface area (Å²) in [4.78, 5) is 5.41. The van der Waals surface area contributed by atoms with Gasteiger partial charge < -0.3 is 19.7 Å². The first-order chi connectivity index (χ1) is 17.4. The van der Waals surface area contributed by atoms with Crippen molar-refractivity contribution in [3.63, 3.8) is 0 Å². The number of benzene rings is 2. The van der Waals surface area contributed by atoms with Gasteiger partial charge in [0.15, 0.2) is 0 Å². The lowest BCUT2D eigenvalue weighted by atomic mass is 9.77. The Balaban J connectivity index is 1.30. The van der Waals surface area contributed by atoms with Crippen molar-refractivity contribution in [3.8, 4) is 5.75 Å². The van der Waals surface area contributed by atoms with E-state index in [1.165, 1.54) is 17.5 Å². The second kappa shape index (κ2) is 12.6. The Hall–Kier alpha value is -1.92. The monoisotopic (exact) mass is 493 g/mol. The molecular weight excluding hydrogens is 446 g/mol. The van der Waals surface area contributed by atoms with Crippen LogP contribution in [-0.2, 0) is 11.2 Å². The van der Waals surface area contributed by atoms with Crippen molar-refractivity contribution in [2.75, 3.05) is 52.9 Å². The summed E-state index contributed by atoms with van der Waals surface area (Å²) in [5.41, 5.74) is 2.88. The van der Waals surface area contributed by atoms with E-state index in [0.717, 1.165) is 77.3 Å². The SMILES string of the molecule is CC[C@@]1(N2CCN(CCc3cccc(OC(CCNC)c4ccccc4)c3)CC2)CCOC(C)(C)C1. The van der Waals surface area contributed by atoms with Gasteiger partial charge in [-0.15, -0.1) is 0 Å². The zero-order valence-corrected chi connectivity index (χ0v) is 23.0. The molecule has 5 nitrogen and oxygen atoms in total. The highest BCUT2D eigenvalue weighted by atomic mass is 16.5. The second-order valence-corrected chi connectivity index (χ2v) is 11.2. The molecule has 2 aliphatic heterocycles. The molecule has 2 aromatic rings. The second-order valence-electron chi connectivity index (χ2n) is 11.2. The summed E-state index contributed by atoms with van der Waals surface area (Å²) in [7, 11) is 1.99. The van der Waals surface area contributed by atoms with Gasteiger partial charge in [-0.1, -0.05) is 49.4 Å². The third kappa shape index (κ3) is 7.10. The molecule has 0 saturated carbocycles. The Morgan fingerprint density at radius 1 is 1.03 bits per heavy atom. The van der Waals surface area contributed by atoms with Crippen molar-refractivity contribution < 1.29 is 9.47 Å². The molecule has 2 fully saturated rings. The van der Waals surface area contributed by atoms with Crippen LogP contribution in [0.3, 0.4) is 0 Å². The molecule has 0 radical (unpaired) electrons. The van der Waals surface area contributed by atoms with E-state index in [0.29, 0.717) is 5.54 Å². The van der Waals surface area contributed by atoms with E-state index in [9.17, 15) is 0 Å². The summed E-state index contributed by atoms with van der Waals surface area (Å²) < 4.78 is 12.5. The maximum absolute atomic E-state index is 6.49. The maximum Gasteiger partial charge on any atom is 0.125 e.